The molecule has 0 radical (unpaired) electrons. The van der Waals surface area contributed by atoms with E-state index in [4.69, 9.17) is 4.52 Å². The van der Waals surface area contributed by atoms with Gasteiger partial charge in [0.2, 0.25) is 0 Å². The van der Waals surface area contributed by atoms with Crippen LogP contribution < -0.4 is 0 Å². The third kappa shape index (κ3) is 3.03. The summed E-state index contributed by atoms with van der Waals surface area (Å²) in [6, 6.07) is 10.7. The van der Waals surface area contributed by atoms with E-state index in [2.05, 4.69) is 48.3 Å². The molecule has 6 heteroatoms. The number of aromatic nitrogens is 3. The van der Waals surface area contributed by atoms with Crippen LogP contribution in [0.2, 0.25) is 0 Å². The second-order valence-corrected chi connectivity index (χ2v) is 7.19. The monoisotopic (exact) mass is 386 g/mol. The molecule has 5 nitrogen and oxygen atoms in total. The van der Waals surface area contributed by atoms with E-state index in [0.717, 1.165) is 46.7 Å². The zero-order valence-corrected chi connectivity index (χ0v) is 15.1. The first kappa shape index (κ1) is 15.6. The summed E-state index contributed by atoms with van der Waals surface area (Å²) in [4.78, 5) is 2.46. The summed E-state index contributed by atoms with van der Waals surface area (Å²) in [5, 5.41) is 11.6. The quantitative estimate of drug-likeness (QED) is 0.718. The number of benzene rings is 1. The van der Waals surface area contributed by atoms with Crippen molar-refractivity contribution in [2.24, 2.45) is 0 Å². The van der Waals surface area contributed by atoms with Gasteiger partial charge >= 0.3 is 0 Å². The third-order valence-electron chi connectivity index (χ3n) is 4.56. The fourth-order valence-electron chi connectivity index (χ4n) is 3.44. The minimum Gasteiger partial charge on any atom is -0.361 e. The van der Waals surface area contributed by atoms with Crippen LogP contribution in [0.25, 0.3) is 11.3 Å². The van der Waals surface area contributed by atoms with E-state index in [0.29, 0.717) is 6.04 Å². The fourth-order valence-corrected chi connectivity index (χ4v) is 3.84. The van der Waals surface area contributed by atoms with Crippen molar-refractivity contribution in [3.63, 3.8) is 0 Å². The van der Waals surface area contributed by atoms with Gasteiger partial charge in [-0.1, -0.05) is 33.2 Å². The van der Waals surface area contributed by atoms with E-state index in [9.17, 15) is 0 Å². The normalized spacial score (nSPS) is 18.3. The molecule has 3 heterocycles. The summed E-state index contributed by atoms with van der Waals surface area (Å²) >= 11 is 3.54. The van der Waals surface area contributed by atoms with Gasteiger partial charge in [-0.25, -0.2) is 0 Å². The van der Waals surface area contributed by atoms with Gasteiger partial charge in [-0.2, -0.15) is 5.10 Å². The van der Waals surface area contributed by atoms with Crippen LogP contribution in [0.1, 0.15) is 35.9 Å². The number of aryl methyl sites for hydroxylation is 1. The van der Waals surface area contributed by atoms with Crippen molar-refractivity contribution in [1.29, 1.82) is 0 Å². The van der Waals surface area contributed by atoms with E-state index in [1.165, 1.54) is 12.0 Å². The highest BCUT2D eigenvalue weighted by atomic mass is 79.9. The summed E-state index contributed by atoms with van der Waals surface area (Å²) in [6.07, 6.45) is 4.23. The lowest BCUT2D eigenvalue weighted by Gasteiger charge is -2.22. The van der Waals surface area contributed by atoms with Crippen LogP contribution in [-0.4, -0.2) is 26.8 Å². The minimum atomic E-state index is 0.327. The van der Waals surface area contributed by atoms with E-state index in [1.54, 1.807) is 0 Å². The molecule has 0 aliphatic carbocycles. The Bertz CT molecular complexity index is 841. The van der Waals surface area contributed by atoms with Crippen LogP contribution >= 0.6 is 15.9 Å². The van der Waals surface area contributed by atoms with Gasteiger partial charge in [-0.3, -0.25) is 10.00 Å². The van der Waals surface area contributed by atoms with Gasteiger partial charge in [0.15, 0.2) is 0 Å². The first-order valence-corrected chi connectivity index (χ1v) is 8.95. The van der Waals surface area contributed by atoms with Gasteiger partial charge in [0.25, 0.3) is 0 Å². The largest absolute Gasteiger partial charge is 0.361 e. The summed E-state index contributed by atoms with van der Waals surface area (Å²) in [5.74, 6) is 0.870. The van der Waals surface area contributed by atoms with Crippen LogP contribution in [0, 0.1) is 6.92 Å². The Kier molecular flexibility index (Phi) is 4.24. The lowest BCUT2D eigenvalue weighted by atomic mass is 10.1. The predicted molar refractivity (Wildman–Crippen MR) is 95.3 cm³/mol. The molecule has 0 saturated carbocycles. The van der Waals surface area contributed by atoms with E-state index in [-0.39, 0.29) is 0 Å². The smallest absolute Gasteiger partial charge is 0.133 e. The molecule has 0 bridgehead atoms. The number of aromatic amines is 1. The molecule has 1 saturated heterocycles. The number of nitrogens with zero attached hydrogens (tertiary/aromatic N) is 3. The molecule has 1 unspecified atom stereocenters. The van der Waals surface area contributed by atoms with Gasteiger partial charge in [-0.15, -0.1) is 0 Å². The van der Waals surface area contributed by atoms with Gasteiger partial charge in [0, 0.05) is 28.2 Å². The van der Waals surface area contributed by atoms with Crippen molar-refractivity contribution in [3.05, 3.63) is 58.0 Å². The van der Waals surface area contributed by atoms with Crippen molar-refractivity contribution in [1.82, 2.24) is 20.3 Å². The second-order valence-electron chi connectivity index (χ2n) is 6.27. The molecule has 24 heavy (non-hydrogen) atoms. The molecule has 1 N–H and O–H groups in total. The van der Waals surface area contributed by atoms with Crippen molar-refractivity contribution >= 4 is 15.9 Å². The van der Waals surface area contributed by atoms with E-state index in [1.807, 2.05) is 31.3 Å². The maximum absolute atomic E-state index is 5.27. The number of hydrogen-bond acceptors (Lipinski definition) is 4. The van der Waals surface area contributed by atoms with Crippen molar-refractivity contribution in [2.75, 3.05) is 6.54 Å². The Morgan fingerprint density at radius 1 is 1.38 bits per heavy atom. The molecule has 124 valence electrons. The topological polar surface area (TPSA) is 58.0 Å². The Hall–Kier alpha value is -1.92. The molecule has 4 rings (SSSR count). The van der Waals surface area contributed by atoms with Gasteiger partial charge in [0.05, 0.1) is 17.9 Å². The zero-order valence-electron chi connectivity index (χ0n) is 13.5. The molecule has 0 amide bonds. The third-order valence-corrected chi connectivity index (χ3v) is 5.05. The molecule has 1 atom stereocenters. The number of nitrogens with one attached hydrogen (secondary N) is 1. The highest BCUT2D eigenvalue weighted by Gasteiger charge is 2.29. The molecule has 1 fully saturated rings. The van der Waals surface area contributed by atoms with Crippen LogP contribution in [0.4, 0.5) is 0 Å². The molecular formula is C18H19BrN4O. The maximum Gasteiger partial charge on any atom is 0.133 e. The zero-order chi connectivity index (χ0) is 16.5. The number of rotatable bonds is 4. The first-order valence-electron chi connectivity index (χ1n) is 8.16. The first-order chi connectivity index (χ1) is 11.7. The van der Waals surface area contributed by atoms with Crippen LogP contribution in [0.15, 0.2) is 45.5 Å². The summed E-state index contributed by atoms with van der Waals surface area (Å²) in [5.41, 5.74) is 4.47. The van der Waals surface area contributed by atoms with Gasteiger partial charge in [-0.05, 0) is 38.4 Å². The minimum absolute atomic E-state index is 0.327. The van der Waals surface area contributed by atoms with Crippen molar-refractivity contribution in [3.8, 4) is 11.3 Å². The van der Waals surface area contributed by atoms with Crippen molar-refractivity contribution in [2.45, 2.75) is 32.4 Å². The van der Waals surface area contributed by atoms with Crippen LogP contribution in [0.3, 0.4) is 0 Å². The molecule has 3 aromatic rings. The Labute approximate surface area is 149 Å². The van der Waals surface area contributed by atoms with Crippen LogP contribution in [-0.2, 0) is 6.54 Å². The molecule has 1 aromatic carbocycles. The molecule has 1 aliphatic heterocycles. The molecular weight excluding hydrogens is 368 g/mol. The number of halogens is 1. The Morgan fingerprint density at radius 3 is 3.08 bits per heavy atom. The Morgan fingerprint density at radius 2 is 2.29 bits per heavy atom. The Balaban J connectivity index is 1.59. The van der Waals surface area contributed by atoms with Gasteiger partial charge < -0.3 is 4.52 Å². The van der Waals surface area contributed by atoms with Crippen LogP contribution in [0.5, 0.6) is 0 Å². The molecule has 2 aromatic heterocycles. The lowest BCUT2D eigenvalue weighted by molar-refractivity contribution is 0.237. The molecule has 0 spiro atoms. The molecule has 1 aliphatic rings. The average Bonchev–Trinajstić information content (AvgIpc) is 3.28. The van der Waals surface area contributed by atoms with E-state index >= 15 is 0 Å². The average molecular weight is 387 g/mol. The fraction of sp³-hybridized carbons (Fsp3) is 0.333. The van der Waals surface area contributed by atoms with Crippen molar-refractivity contribution < 1.29 is 4.52 Å². The maximum atomic E-state index is 5.27. The number of hydrogen-bond donors (Lipinski definition) is 1. The van der Waals surface area contributed by atoms with E-state index < -0.39 is 0 Å². The highest BCUT2D eigenvalue weighted by Crippen LogP contribution is 2.34. The number of H-pyrrole nitrogens is 1. The van der Waals surface area contributed by atoms with Gasteiger partial charge in [0.1, 0.15) is 11.5 Å². The SMILES string of the molecule is Cc1cc(C2CCCN2Cc2cn[nH]c2-c2cccc(Br)c2)no1. The lowest BCUT2D eigenvalue weighted by Crippen LogP contribution is -2.23. The standard InChI is InChI=1S/C18H19BrN4O/c1-12-8-16(22-24-12)17-6-3-7-23(17)11-14-10-20-21-18(14)13-4-2-5-15(19)9-13/h2,4-5,8-10,17H,3,6-7,11H2,1H3,(H,20,21). The summed E-state index contributed by atoms with van der Waals surface area (Å²) in [6.45, 7) is 3.87. The number of likely N-dealkylation sites (tertiary alicyclic amines) is 1. The highest BCUT2D eigenvalue weighted by molar-refractivity contribution is 9.10. The summed E-state index contributed by atoms with van der Waals surface area (Å²) in [7, 11) is 0. The summed E-state index contributed by atoms with van der Waals surface area (Å²) < 4.78 is 6.33. The second kappa shape index (κ2) is 6.53. The predicted octanol–water partition coefficient (Wildman–Crippen LogP) is 4.47.